The van der Waals surface area contributed by atoms with Crippen LogP contribution in [0.1, 0.15) is 12.6 Å². The molecule has 1 aromatic heterocycles. The molecule has 0 fully saturated rings. The Hall–Kier alpha value is -3.13. The largest absolute Gasteiger partial charge is 0.334 e. The molecule has 1 heterocycles. The average Bonchev–Trinajstić information content (AvgIpc) is 2.69. The van der Waals surface area contributed by atoms with Gasteiger partial charge in [-0.05, 0) is 25.5 Å². The molecule has 0 spiro atoms. The molecule has 0 aliphatic carbocycles. The number of aromatic nitrogens is 3. The van der Waals surface area contributed by atoms with Crippen LogP contribution >= 0.6 is 11.8 Å². The molecule has 7 nitrogen and oxygen atoms in total. The van der Waals surface area contributed by atoms with Crippen LogP contribution in [0.2, 0.25) is 0 Å². The number of thioether (sulfide) groups is 1. The highest BCUT2D eigenvalue weighted by Crippen LogP contribution is 2.28. The Labute approximate surface area is 160 Å². The van der Waals surface area contributed by atoms with Crippen LogP contribution in [0.15, 0.2) is 64.5 Å². The SMILES string of the molecule is Cc1nnc(S[C@@H](C)C(=O)Nc2ccccc2-c2ccccc2)n(N)c1=O. The van der Waals surface area contributed by atoms with Crippen molar-refractivity contribution in [1.82, 2.24) is 14.9 Å². The monoisotopic (exact) mass is 381 g/mol. The fourth-order valence-electron chi connectivity index (χ4n) is 2.46. The van der Waals surface area contributed by atoms with Crippen molar-refractivity contribution >= 4 is 23.4 Å². The Bertz CT molecular complexity index is 1020. The minimum absolute atomic E-state index is 0.185. The average molecular weight is 381 g/mol. The second-order valence-electron chi connectivity index (χ2n) is 5.90. The molecule has 0 saturated carbocycles. The molecule has 0 radical (unpaired) electrons. The lowest BCUT2D eigenvalue weighted by Gasteiger charge is -2.15. The number of nitrogen functional groups attached to an aromatic ring is 1. The highest BCUT2D eigenvalue weighted by Gasteiger charge is 2.19. The van der Waals surface area contributed by atoms with Gasteiger partial charge in [0.15, 0.2) is 0 Å². The Kier molecular flexibility index (Phi) is 5.56. The van der Waals surface area contributed by atoms with Crippen molar-refractivity contribution in [3.8, 4) is 11.1 Å². The zero-order valence-corrected chi connectivity index (χ0v) is 15.7. The fourth-order valence-corrected chi connectivity index (χ4v) is 3.22. The fraction of sp³-hybridized carbons (Fsp3) is 0.158. The number of hydrogen-bond acceptors (Lipinski definition) is 6. The minimum Gasteiger partial charge on any atom is -0.334 e. The molecule has 8 heteroatoms. The molecule has 0 saturated heterocycles. The number of nitrogens with one attached hydrogen (secondary N) is 1. The number of amides is 1. The van der Waals surface area contributed by atoms with Gasteiger partial charge in [-0.3, -0.25) is 9.59 Å². The van der Waals surface area contributed by atoms with E-state index in [-0.39, 0.29) is 16.8 Å². The van der Waals surface area contributed by atoms with E-state index in [1.54, 1.807) is 6.92 Å². The van der Waals surface area contributed by atoms with Gasteiger partial charge in [-0.1, -0.05) is 60.3 Å². The number of hydrogen-bond donors (Lipinski definition) is 2. The summed E-state index contributed by atoms with van der Waals surface area (Å²) in [6.45, 7) is 3.25. The number of rotatable bonds is 5. The normalized spacial score (nSPS) is 11.8. The van der Waals surface area contributed by atoms with E-state index in [1.165, 1.54) is 6.92 Å². The van der Waals surface area contributed by atoms with Gasteiger partial charge >= 0.3 is 0 Å². The van der Waals surface area contributed by atoms with Crippen molar-refractivity contribution in [3.63, 3.8) is 0 Å². The highest BCUT2D eigenvalue weighted by molar-refractivity contribution is 8.00. The molecule has 0 unspecified atom stereocenters. The van der Waals surface area contributed by atoms with E-state index >= 15 is 0 Å². The number of carbonyl (C=O) groups excluding carboxylic acids is 1. The Morgan fingerprint density at radius 1 is 1.11 bits per heavy atom. The van der Waals surface area contributed by atoms with Crippen molar-refractivity contribution in [3.05, 3.63) is 70.6 Å². The zero-order valence-electron chi connectivity index (χ0n) is 14.9. The van der Waals surface area contributed by atoms with Gasteiger partial charge in [0, 0.05) is 11.3 Å². The number of nitrogens with zero attached hydrogens (tertiary/aromatic N) is 3. The van der Waals surface area contributed by atoms with Crippen LogP contribution in [0.25, 0.3) is 11.1 Å². The van der Waals surface area contributed by atoms with Gasteiger partial charge in [0.05, 0.1) is 5.25 Å². The Morgan fingerprint density at radius 3 is 2.52 bits per heavy atom. The van der Waals surface area contributed by atoms with Gasteiger partial charge in [0.25, 0.3) is 5.56 Å². The first kappa shape index (κ1) is 18.7. The summed E-state index contributed by atoms with van der Waals surface area (Å²) in [6, 6.07) is 17.4. The maximum Gasteiger partial charge on any atom is 0.294 e. The summed E-state index contributed by atoms with van der Waals surface area (Å²) in [5.41, 5.74) is 2.41. The van der Waals surface area contributed by atoms with Gasteiger partial charge in [-0.15, -0.1) is 10.2 Å². The third-order valence-corrected chi connectivity index (χ3v) is 5.00. The molecular formula is C19H19N5O2S. The smallest absolute Gasteiger partial charge is 0.294 e. The van der Waals surface area contributed by atoms with Crippen LogP contribution < -0.4 is 16.7 Å². The van der Waals surface area contributed by atoms with Crippen LogP contribution in [0.3, 0.4) is 0 Å². The molecule has 0 aliphatic heterocycles. The van der Waals surface area contributed by atoms with E-state index in [4.69, 9.17) is 5.84 Å². The van der Waals surface area contributed by atoms with Crippen LogP contribution in [0.5, 0.6) is 0 Å². The highest BCUT2D eigenvalue weighted by atomic mass is 32.2. The van der Waals surface area contributed by atoms with Crippen molar-refractivity contribution in [2.24, 2.45) is 0 Å². The van der Waals surface area contributed by atoms with Gasteiger partial charge < -0.3 is 11.2 Å². The standard InChI is InChI=1S/C19H19N5O2S/c1-12-18(26)24(20)19(23-22-12)27-13(2)17(25)21-16-11-7-6-10-15(16)14-8-4-3-5-9-14/h3-11,13H,20H2,1-2H3,(H,21,25)/t13-/m0/s1. The number of para-hydroxylation sites is 1. The number of carbonyl (C=O) groups is 1. The predicted octanol–water partition coefficient (Wildman–Crippen LogP) is 2.45. The van der Waals surface area contributed by atoms with E-state index < -0.39 is 10.8 Å². The van der Waals surface area contributed by atoms with E-state index in [1.807, 2.05) is 54.6 Å². The molecule has 0 bridgehead atoms. The lowest BCUT2D eigenvalue weighted by molar-refractivity contribution is -0.115. The number of nitrogens with two attached hydrogens (primary N) is 1. The predicted molar refractivity (Wildman–Crippen MR) is 107 cm³/mol. The van der Waals surface area contributed by atoms with Crippen molar-refractivity contribution in [1.29, 1.82) is 0 Å². The molecule has 1 atom stereocenters. The van der Waals surface area contributed by atoms with Crippen molar-refractivity contribution in [2.45, 2.75) is 24.3 Å². The molecule has 27 heavy (non-hydrogen) atoms. The second kappa shape index (κ2) is 8.05. The lowest BCUT2D eigenvalue weighted by Crippen LogP contribution is -2.33. The molecule has 138 valence electrons. The summed E-state index contributed by atoms with van der Waals surface area (Å²) in [6.07, 6.45) is 0. The van der Waals surface area contributed by atoms with E-state index in [9.17, 15) is 9.59 Å². The van der Waals surface area contributed by atoms with Gasteiger partial charge in [-0.2, -0.15) is 4.68 Å². The number of anilines is 1. The van der Waals surface area contributed by atoms with Gasteiger partial charge in [0.1, 0.15) is 5.69 Å². The van der Waals surface area contributed by atoms with E-state index in [2.05, 4.69) is 15.5 Å². The summed E-state index contributed by atoms with van der Waals surface area (Å²) in [5.74, 6) is 5.51. The number of aryl methyl sites for hydroxylation is 1. The first-order valence-corrected chi connectivity index (χ1v) is 9.18. The first-order chi connectivity index (χ1) is 13.0. The summed E-state index contributed by atoms with van der Waals surface area (Å²) >= 11 is 1.07. The van der Waals surface area contributed by atoms with Crippen molar-refractivity contribution < 1.29 is 4.79 Å². The van der Waals surface area contributed by atoms with Gasteiger partial charge in [0.2, 0.25) is 11.1 Å². The minimum atomic E-state index is -0.528. The van der Waals surface area contributed by atoms with Crippen molar-refractivity contribution in [2.75, 3.05) is 11.2 Å². The lowest BCUT2D eigenvalue weighted by atomic mass is 10.0. The Morgan fingerprint density at radius 2 is 1.78 bits per heavy atom. The third-order valence-electron chi connectivity index (χ3n) is 3.94. The number of benzene rings is 2. The Balaban J connectivity index is 1.78. The second-order valence-corrected chi connectivity index (χ2v) is 7.21. The van der Waals surface area contributed by atoms with Crippen LogP contribution in [-0.2, 0) is 4.79 Å². The molecule has 1 amide bonds. The molecule has 3 aromatic rings. The third kappa shape index (κ3) is 4.17. The summed E-state index contributed by atoms with van der Waals surface area (Å²) in [7, 11) is 0. The zero-order chi connectivity index (χ0) is 19.4. The first-order valence-electron chi connectivity index (χ1n) is 8.30. The van der Waals surface area contributed by atoms with E-state index in [0.717, 1.165) is 27.6 Å². The van der Waals surface area contributed by atoms with Crippen LogP contribution in [0, 0.1) is 6.92 Å². The topological polar surface area (TPSA) is 103 Å². The van der Waals surface area contributed by atoms with Gasteiger partial charge in [-0.25, -0.2) is 0 Å². The molecular weight excluding hydrogens is 362 g/mol. The molecule has 3 rings (SSSR count). The maximum absolute atomic E-state index is 12.7. The molecule has 3 N–H and O–H groups in total. The summed E-state index contributed by atoms with van der Waals surface area (Å²) in [5, 5.41) is 10.3. The van der Waals surface area contributed by atoms with Crippen LogP contribution in [-0.4, -0.2) is 26.0 Å². The van der Waals surface area contributed by atoms with E-state index in [0.29, 0.717) is 5.69 Å². The quantitative estimate of drug-likeness (QED) is 0.520. The molecule has 2 aromatic carbocycles. The summed E-state index contributed by atoms with van der Waals surface area (Å²) in [4.78, 5) is 24.5. The summed E-state index contributed by atoms with van der Waals surface area (Å²) < 4.78 is 0.911. The van der Waals surface area contributed by atoms with Crippen LogP contribution in [0.4, 0.5) is 5.69 Å². The molecule has 0 aliphatic rings. The maximum atomic E-state index is 12.7.